The maximum absolute atomic E-state index is 17.0. The molecule has 2 aliphatic heterocycles. The van der Waals surface area contributed by atoms with Crippen molar-refractivity contribution in [3.05, 3.63) is 251 Å². The molecule has 7 aromatic rings. The summed E-state index contributed by atoms with van der Waals surface area (Å²) in [4.78, 5) is 0. The zero-order valence-corrected chi connectivity index (χ0v) is 40.3. The Bertz CT molecular complexity index is 2550. The van der Waals surface area contributed by atoms with Crippen LogP contribution in [0.15, 0.2) is 212 Å². The molecule has 2 aliphatic rings. The van der Waals surface area contributed by atoms with Gasteiger partial charge in [-0.3, -0.25) is 0 Å². The Morgan fingerprint density at radius 1 is 0.278 bits per heavy atom. The standard InChI is InChI=1S/C61H63FO10/c62-60-58(68-41-50-32-18-6-19-33-50)56(66-39-48-28-14-4-15-29-48)55(65-38-47-26-12-3-13-27-47)53(71-60)44-70-61-59(69-42-51-34-20-7-21-35-51)57(67-40-49-30-16-5-17-31-49)54(64-37-46-24-10-2-11-25-46)52(72-61)43-63-36-45-22-8-1-9-23-45/h1-35,52-61H,36-44H2/t52-,53-,54-,55-,56+,57+,58-,59-,60+,61+/m1/s1. The van der Waals surface area contributed by atoms with Gasteiger partial charge in [0.05, 0.1) is 59.5 Å². The van der Waals surface area contributed by atoms with Gasteiger partial charge in [-0.1, -0.05) is 212 Å². The van der Waals surface area contributed by atoms with E-state index in [-0.39, 0.29) is 52.9 Å². The number of ether oxygens (including phenoxy) is 10. The topological polar surface area (TPSA) is 92.3 Å². The third kappa shape index (κ3) is 14.8. The molecule has 0 bridgehead atoms. The van der Waals surface area contributed by atoms with Crippen molar-refractivity contribution in [1.29, 1.82) is 0 Å². The van der Waals surface area contributed by atoms with Crippen molar-refractivity contribution in [2.24, 2.45) is 0 Å². The van der Waals surface area contributed by atoms with Gasteiger partial charge < -0.3 is 47.4 Å². The minimum Gasteiger partial charge on any atom is -0.374 e. The molecule has 0 spiro atoms. The van der Waals surface area contributed by atoms with Crippen molar-refractivity contribution in [1.82, 2.24) is 0 Å². The molecule has 2 heterocycles. The van der Waals surface area contributed by atoms with E-state index in [2.05, 4.69) is 0 Å². The molecule has 11 heteroatoms. The number of alkyl halides is 1. The van der Waals surface area contributed by atoms with E-state index in [1.54, 1.807) is 0 Å². The fourth-order valence-electron chi connectivity index (χ4n) is 8.94. The highest BCUT2D eigenvalue weighted by atomic mass is 19.1. The van der Waals surface area contributed by atoms with Crippen molar-refractivity contribution < 1.29 is 51.8 Å². The van der Waals surface area contributed by atoms with E-state index in [9.17, 15) is 0 Å². The van der Waals surface area contributed by atoms with Gasteiger partial charge >= 0.3 is 0 Å². The van der Waals surface area contributed by atoms with Gasteiger partial charge in [0.25, 0.3) is 0 Å². The highest BCUT2D eigenvalue weighted by molar-refractivity contribution is 5.19. The second kappa shape index (κ2) is 27.2. The minimum absolute atomic E-state index is 0.134. The summed E-state index contributed by atoms with van der Waals surface area (Å²) >= 11 is 0. The van der Waals surface area contributed by atoms with Crippen LogP contribution < -0.4 is 0 Å². The number of hydrogen-bond donors (Lipinski definition) is 0. The van der Waals surface area contributed by atoms with Gasteiger partial charge in [-0.2, -0.15) is 0 Å². The molecule has 10 nitrogen and oxygen atoms in total. The van der Waals surface area contributed by atoms with E-state index in [1.807, 2.05) is 212 Å². The first-order valence-electron chi connectivity index (χ1n) is 24.7. The van der Waals surface area contributed by atoms with E-state index in [0.29, 0.717) is 6.61 Å². The summed E-state index contributed by atoms with van der Waals surface area (Å²) in [7, 11) is 0. The van der Waals surface area contributed by atoms with Gasteiger partial charge in [-0.15, -0.1) is 0 Å². The molecule has 0 aliphatic carbocycles. The van der Waals surface area contributed by atoms with Crippen LogP contribution in [0.2, 0.25) is 0 Å². The molecule has 0 unspecified atom stereocenters. The van der Waals surface area contributed by atoms with Gasteiger partial charge in [-0.05, 0) is 38.9 Å². The molecule has 10 atom stereocenters. The van der Waals surface area contributed by atoms with Crippen molar-refractivity contribution in [2.45, 2.75) is 108 Å². The largest absolute Gasteiger partial charge is 0.374 e. The van der Waals surface area contributed by atoms with Gasteiger partial charge in [-0.25, -0.2) is 4.39 Å². The maximum atomic E-state index is 17.0. The lowest BCUT2D eigenvalue weighted by Crippen LogP contribution is -2.63. The summed E-state index contributed by atoms with van der Waals surface area (Å²) in [6.45, 7) is 1.55. The summed E-state index contributed by atoms with van der Waals surface area (Å²) in [5.74, 6) is 0. The Morgan fingerprint density at radius 2 is 0.556 bits per heavy atom. The van der Waals surface area contributed by atoms with Crippen molar-refractivity contribution in [3.8, 4) is 0 Å². The Labute approximate surface area is 422 Å². The molecule has 2 saturated heterocycles. The summed E-state index contributed by atoms with van der Waals surface area (Å²) in [6, 6.07) is 69.0. The first-order valence-corrected chi connectivity index (χ1v) is 24.7. The Morgan fingerprint density at radius 3 is 0.917 bits per heavy atom. The molecule has 0 saturated carbocycles. The minimum atomic E-state index is -1.91. The quantitative estimate of drug-likeness (QED) is 0.0551. The number of benzene rings is 7. The third-order valence-corrected chi connectivity index (χ3v) is 12.7. The SMILES string of the molecule is F[C@H]1O[C@H](CO[C@H]2O[C@H](COCc3ccccc3)[C@@H](OCc3ccccc3)[C@H](OCc3ccccc3)[C@H]2OCc2ccccc2)[C@@H](OCc2ccccc2)[C@H](OCc2ccccc2)[C@H]1OCc1ccccc1. The first-order chi connectivity index (χ1) is 35.6. The van der Waals surface area contributed by atoms with Crippen LogP contribution >= 0.6 is 0 Å². The number of hydrogen-bond acceptors (Lipinski definition) is 10. The Kier molecular flexibility index (Phi) is 19.3. The van der Waals surface area contributed by atoms with E-state index >= 15 is 4.39 Å². The van der Waals surface area contributed by atoms with E-state index < -0.39 is 61.5 Å². The molecule has 0 aromatic heterocycles. The van der Waals surface area contributed by atoms with Crippen LogP contribution in [0.5, 0.6) is 0 Å². The van der Waals surface area contributed by atoms with Crippen LogP contribution in [0.3, 0.4) is 0 Å². The molecular weight excluding hydrogens is 912 g/mol. The smallest absolute Gasteiger partial charge is 0.228 e. The van der Waals surface area contributed by atoms with Crippen molar-refractivity contribution in [2.75, 3.05) is 13.2 Å². The molecule has 72 heavy (non-hydrogen) atoms. The van der Waals surface area contributed by atoms with Gasteiger partial charge in [0.15, 0.2) is 6.29 Å². The average molecular weight is 975 g/mol. The van der Waals surface area contributed by atoms with Gasteiger partial charge in [0.1, 0.15) is 48.8 Å². The summed E-state index contributed by atoms with van der Waals surface area (Å²) < 4.78 is 84.2. The predicted molar refractivity (Wildman–Crippen MR) is 271 cm³/mol. The van der Waals surface area contributed by atoms with Crippen LogP contribution in [-0.2, 0) is 93.6 Å². The summed E-state index contributed by atoms with van der Waals surface area (Å²) in [5.41, 5.74) is 6.62. The molecule has 0 N–H and O–H groups in total. The van der Waals surface area contributed by atoms with Crippen LogP contribution in [0.1, 0.15) is 38.9 Å². The normalized spacial score (nSPS) is 24.2. The van der Waals surface area contributed by atoms with Crippen LogP contribution in [0.25, 0.3) is 0 Å². The lowest BCUT2D eigenvalue weighted by Gasteiger charge is -2.47. The fourth-order valence-corrected chi connectivity index (χ4v) is 8.94. The predicted octanol–water partition coefficient (Wildman–Crippen LogP) is 11.2. The zero-order valence-electron chi connectivity index (χ0n) is 40.3. The van der Waals surface area contributed by atoms with Crippen LogP contribution in [0.4, 0.5) is 4.39 Å². The fraction of sp³-hybridized carbons (Fsp3) is 0.311. The maximum Gasteiger partial charge on any atom is 0.228 e. The Balaban J connectivity index is 1.04. The van der Waals surface area contributed by atoms with E-state index in [4.69, 9.17) is 47.4 Å². The highest BCUT2D eigenvalue weighted by Crippen LogP contribution is 2.35. The van der Waals surface area contributed by atoms with E-state index in [1.165, 1.54) is 0 Å². The molecule has 7 aromatic carbocycles. The van der Waals surface area contributed by atoms with Crippen LogP contribution in [-0.4, -0.2) is 74.7 Å². The number of rotatable bonds is 25. The zero-order chi connectivity index (χ0) is 49.0. The second-order valence-corrected chi connectivity index (χ2v) is 18.0. The molecule has 9 rings (SSSR count). The summed E-state index contributed by atoms with van der Waals surface area (Å²) in [5, 5.41) is 0. The van der Waals surface area contributed by atoms with E-state index in [0.717, 1.165) is 38.9 Å². The monoisotopic (exact) mass is 974 g/mol. The lowest BCUT2D eigenvalue weighted by atomic mass is 9.97. The number of halogens is 1. The van der Waals surface area contributed by atoms with Crippen LogP contribution in [0, 0.1) is 0 Å². The van der Waals surface area contributed by atoms with Gasteiger partial charge in [0.2, 0.25) is 6.36 Å². The van der Waals surface area contributed by atoms with Crippen molar-refractivity contribution >= 4 is 0 Å². The molecule has 0 radical (unpaired) electrons. The molecule has 374 valence electrons. The molecule has 0 amide bonds. The first kappa shape index (κ1) is 51.0. The lowest BCUT2D eigenvalue weighted by molar-refractivity contribution is -0.344. The molecular formula is C61H63FO10. The second-order valence-electron chi connectivity index (χ2n) is 18.0. The van der Waals surface area contributed by atoms with Gasteiger partial charge in [0, 0.05) is 0 Å². The highest BCUT2D eigenvalue weighted by Gasteiger charge is 2.52. The summed E-state index contributed by atoms with van der Waals surface area (Å²) in [6.07, 6.45) is -9.93. The molecule has 2 fully saturated rings. The third-order valence-electron chi connectivity index (χ3n) is 12.7. The Hall–Kier alpha value is -5.93. The average Bonchev–Trinajstić information content (AvgIpc) is 3.44. The van der Waals surface area contributed by atoms with Crippen molar-refractivity contribution in [3.63, 3.8) is 0 Å².